The SMILES string of the molecule is Cc1sc(-c2ccccc2)cc1C1=C(c2cc(-c3ccccc3)sc2C)C(F)(F)C(C)(F)C1(F)F. The van der Waals surface area contributed by atoms with Crippen LogP contribution in [0.15, 0.2) is 72.8 Å². The Kier molecular flexibility index (Phi) is 5.57. The Morgan fingerprint density at radius 1 is 0.571 bits per heavy atom. The molecule has 0 aliphatic heterocycles. The van der Waals surface area contributed by atoms with Gasteiger partial charge in [-0.05, 0) is 55.2 Å². The molecule has 0 atom stereocenters. The second kappa shape index (κ2) is 8.14. The molecule has 35 heavy (non-hydrogen) atoms. The summed E-state index contributed by atoms with van der Waals surface area (Å²) in [6.07, 6.45) is 0. The monoisotopic (exact) mass is 516 g/mol. The molecule has 0 fully saturated rings. The van der Waals surface area contributed by atoms with Gasteiger partial charge < -0.3 is 0 Å². The van der Waals surface area contributed by atoms with E-state index in [1.807, 2.05) is 60.7 Å². The number of aryl methyl sites for hydroxylation is 2. The van der Waals surface area contributed by atoms with Crippen molar-refractivity contribution >= 4 is 33.8 Å². The van der Waals surface area contributed by atoms with Crippen LogP contribution >= 0.6 is 22.7 Å². The van der Waals surface area contributed by atoms with Crippen molar-refractivity contribution in [3.63, 3.8) is 0 Å². The Morgan fingerprint density at radius 2 is 0.914 bits per heavy atom. The quantitative estimate of drug-likeness (QED) is 0.237. The van der Waals surface area contributed by atoms with Crippen LogP contribution in [0.25, 0.3) is 32.0 Å². The fraction of sp³-hybridized carbons (Fsp3) is 0.214. The summed E-state index contributed by atoms with van der Waals surface area (Å²) in [5, 5.41) is 0. The number of hydrogen-bond acceptors (Lipinski definition) is 2. The third kappa shape index (κ3) is 3.51. The predicted octanol–water partition coefficient (Wildman–Crippen LogP) is 9.68. The molecule has 4 aromatic rings. The van der Waals surface area contributed by atoms with E-state index in [4.69, 9.17) is 0 Å². The first-order valence-electron chi connectivity index (χ1n) is 11.0. The van der Waals surface area contributed by atoms with Crippen molar-refractivity contribution in [3.05, 3.63) is 93.7 Å². The Balaban J connectivity index is 1.78. The van der Waals surface area contributed by atoms with Gasteiger partial charge in [0.25, 0.3) is 0 Å². The smallest absolute Gasteiger partial charge is 0.230 e. The minimum Gasteiger partial charge on any atom is -0.230 e. The van der Waals surface area contributed by atoms with Crippen molar-refractivity contribution in [3.8, 4) is 20.9 Å². The lowest BCUT2D eigenvalue weighted by Gasteiger charge is -2.29. The van der Waals surface area contributed by atoms with E-state index in [0.29, 0.717) is 26.4 Å². The molecule has 1 aliphatic rings. The third-order valence-corrected chi connectivity index (χ3v) is 8.75. The highest BCUT2D eigenvalue weighted by molar-refractivity contribution is 7.16. The highest BCUT2D eigenvalue weighted by Crippen LogP contribution is 2.65. The molecular formula is C28H21F5S2. The highest BCUT2D eigenvalue weighted by Gasteiger charge is 2.76. The molecule has 2 aromatic heterocycles. The molecule has 180 valence electrons. The van der Waals surface area contributed by atoms with Crippen LogP contribution in [0, 0.1) is 13.8 Å². The number of halogens is 5. The van der Waals surface area contributed by atoms with Crippen molar-refractivity contribution in [2.75, 3.05) is 0 Å². The molecule has 0 saturated carbocycles. The van der Waals surface area contributed by atoms with Gasteiger partial charge in [0.15, 0.2) is 0 Å². The van der Waals surface area contributed by atoms with Gasteiger partial charge in [-0.15, -0.1) is 22.7 Å². The average molecular weight is 517 g/mol. The molecule has 0 bridgehead atoms. The Morgan fingerprint density at radius 3 is 1.26 bits per heavy atom. The van der Waals surface area contributed by atoms with Gasteiger partial charge >= 0.3 is 11.8 Å². The van der Waals surface area contributed by atoms with E-state index < -0.39 is 28.7 Å². The zero-order valence-corrected chi connectivity index (χ0v) is 20.8. The number of alkyl halides is 5. The van der Waals surface area contributed by atoms with Crippen LogP contribution < -0.4 is 0 Å². The van der Waals surface area contributed by atoms with Crippen LogP contribution in [-0.2, 0) is 0 Å². The summed E-state index contributed by atoms with van der Waals surface area (Å²) in [6.45, 7) is 3.52. The second-order valence-corrected chi connectivity index (χ2v) is 11.3. The fourth-order valence-corrected chi connectivity index (χ4v) is 6.60. The average Bonchev–Trinajstić information content (AvgIpc) is 3.42. The van der Waals surface area contributed by atoms with E-state index in [1.165, 1.54) is 34.8 Å². The van der Waals surface area contributed by atoms with Crippen LogP contribution in [0.4, 0.5) is 22.0 Å². The van der Waals surface area contributed by atoms with Gasteiger partial charge in [0.2, 0.25) is 5.67 Å². The summed E-state index contributed by atoms with van der Waals surface area (Å²) in [5.74, 6) is -8.79. The highest BCUT2D eigenvalue weighted by atomic mass is 32.1. The van der Waals surface area contributed by atoms with E-state index in [2.05, 4.69) is 0 Å². The molecule has 0 unspecified atom stereocenters. The molecule has 0 nitrogen and oxygen atoms in total. The lowest BCUT2D eigenvalue weighted by atomic mass is 9.94. The second-order valence-electron chi connectivity index (χ2n) is 8.79. The van der Waals surface area contributed by atoms with Gasteiger partial charge in [0, 0.05) is 30.7 Å². The molecule has 0 amide bonds. The van der Waals surface area contributed by atoms with Crippen LogP contribution in [0.3, 0.4) is 0 Å². The molecule has 2 aromatic carbocycles. The standard InChI is InChI=1S/C28H21F5S2/c1-16-20(14-22(34-16)18-10-6-4-7-11-18)24-25(28(32,33)26(3,29)27(24,30)31)21-15-23(35-17(21)2)19-12-8-5-9-13-19/h4-15H,1-3H3. The summed E-state index contributed by atoms with van der Waals surface area (Å²) in [7, 11) is 0. The first-order valence-corrected chi connectivity index (χ1v) is 12.6. The van der Waals surface area contributed by atoms with Gasteiger partial charge in [0.05, 0.1) is 0 Å². The minimum absolute atomic E-state index is 0.0400. The maximum absolute atomic E-state index is 15.7. The third-order valence-electron chi connectivity index (χ3n) is 6.55. The topological polar surface area (TPSA) is 0 Å². The van der Waals surface area contributed by atoms with Crippen molar-refractivity contribution in [1.82, 2.24) is 0 Å². The minimum atomic E-state index is -4.40. The van der Waals surface area contributed by atoms with Gasteiger partial charge in [-0.1, -0.05) is 60.7 Å². The van der Waals surface area contributed by atoms with Gasteiger partial charge in [-0.25, -0.2) is 4.39 Å². The largest absolute Gasteiger partial charge is 0.313 e. The number of rotatable bonds is 4. The zero-order valence-electron chi connectivity index (χ0n) is 19.1. The van der Waals surface area contributed by atoms with Gasteiger partial charge in [-0.2, -0.15) is 17.6 Å². The maximum Gasteiger partial charge on any atom is 0.313 e. The van der Waals surface area contributed by atoms with Crippen LogP contribution in [0.2, 0.25) is 0 Å². The Bertz CT molecular complexity index is 1320. The number of benzene rings is 2. The number of hydrogen-bond donors (Lipinski definition) is 0. The van der Waals surface area contributed by atoms with Crippen LogP contribution in [0.5, 0.6) is 0 Å². The van der Waals surface area contributed by atoms with Gasteiger partial charge in [0.1, 0.15) is 0 Å². The van der Waals surface area contributed by atoms with Crippen molar-refractivity contribution in [1.29, 1.82) is 0 Å². The molecular weight excluding hydrogens is 495 g/mol. The maximum atomic E-state index is 15.7. The zero-order chi connectivity index (χ0) is 25.2. The van der Waals surface area contributed by atoms with E-state index in [0.717, 1.165) is 11.1 Å². The van der Waals surface area contributed by atoms with Crippen LogP contribution in [-0.4, -0.2) is 17.5 Å². The first kappa shape index (κ1) is 23.9. The molecule has 5 rings (SSSR count). The molecule has 0 N–H and O–H groups in total. The van der Waals surface area contributed by atoms with Crippen molar-refractivity contribution in [2.24, 2.45) is 0 Å². The summed E-state index contributed by atoms with van der Waals surface area (Å²) >= 11 is 2.45. The molecule has 1 aliphatic carbocycles. The lowest BCUT2D eigenvalue weighted by Crippen LogP contribution is -2.50. The van der Waals surface area contributed by atoms with Crippen molar-refractivity contribution < 1.29 is 22.0 Å². The Hall–Kier alpha value is -2.77. The molecule has 2 heterocycles. The van der Waals surface area contributed by atoms with E-state index in [9.17, 15) is 0 Å². The van der Waals surface area contributed by atoms with Gasteiger partial charge in [-0.3, -0.25) is 0 Å². The van der Waals surface area contributed by atoms with E-state index in [-0.39, 0.29) is 11.1 Å². The summed E-state index contributed by atoms with van der Waals surface area (Å²) in [5.41, 5.74) is -4.45. The molecule has 0 spiro atoms. The first-order chi connectivity index (χ1) is 16.5. The van der Waals surface area contributed by atoms with Crippen molar-refractivity contribution in [2.45, 2.75) is 38.3 Å². The molecule has 0 radical (unpaired) electrons. The Labute approximate surface area is 208 Å². The molecule has 0 saturated heterocycles. The van der Waals surface area contributed by atoms with E-state index in [1.54, 1.807) is 13.8 Å². The summed E-state index contributed by atoms with van der Waals surface area (Å²) in [6, 6.07) is 21.1. The summed E-state index contributed by atoms with van der Waals surface area (Å²) < 4.78 is 78.0. The summed E-state index contributed by atoms with van der Waals surface area (Å²) in [4.78, 5) is 2.17. The fourth-order valence-electron chi connectivity index (χ4n) is 4.54. The van der Waals surface area contributed by atoms with Crippen LogP contribution in [0.1, 0.15) is 27.8 Å². The normalized spacial score (nSPS) is 18.3. The lowest BCUT2D eigenvalue weighted by molar-refractivity contribution is -0.173. The predicted molar refractivity (Wildman–Crippen MR) is 135 cm³/mol. The van der Waals surface area contributed by atoms with E-state index >= 15 is 22.0 Å². The molecule has 7 heteroatoms. The number of thiophene rings is 2. The number of allylic oxidation sites excluding steroid dienone is 2.